The van der Waals surface area contributed by atoms with Gasteiger partial charge in [-0.25, -0.2) is 0 Å². The molecule has 126 valence electrons. The molecule has 0 saturated carbocycles. The van der Waals surface area contributed by atoms with E-state index in [4.69, 9.17) is 9.15 Å². The lowest BCUT2D eigenvalue weighted by Crippen LogP contribution is -2.13. The summed E-state index contributed by atoms with van der Waals surface area (Å²) in [6, 6.07) is 20.4. The minimum absolute atomic E-state index is 0.112. The fourth-order valence-electron chi connectivity index (χ4n) is 3.43. The molecule has 1 fully saturated rings. The van der Waals surface area contributed by atoms with E-state index in [2.05, 4.69) is 0 Å². The fourth-order valence-corrected chi connectivity index (χ4v) is 3.43. The van der Waals surface area contributed by atoms with Gasteiger partial charge in [0.1, 0.15) is 18.0 Å². The number of para-hydroxylation sites is 1. The standard InChI is InChI=1S/C22H14O4/c23-19-16-9-3-4-11-18(16)25-12-17(19)21-22(26-21)20(24)15-10-5-7-13-6-1-2-8-14(13)15/h1-12,21-22H. The Hall–Kier alpha value is -3.24. The molecule has 4 heteroatoms. The number of carbonyl (C=O) groups excluding carboxylic acids is 1. The molecule has 0 aliphatic carbocycles. The summed E-state index contributed by atoms with van der Waals surface area (Å²) in [5, 5.41) is 2.39. The van der Waals surface area contributed by atoms with E-state index in [9.17, 15) is 9.59 Å². The molecule has 26 heavy (non-hydrogen) atoms. The molecule has 5 rings (SSSR count). The van der Waals surface area contributed by atoms with E-state index in [0.717, 1.165) is 10.8 Å². The quantitative estimate of drug-likeness (QED) is 0.412. The maximum atomic E-state index is 12.9. The molecule has 1 aromatic heterocycles. The van der Waals surface area contributed by atoms with Crippen LogP contribution in [0.5, 0.6) is 0 Å². The zero-order valence-corrected chi connectivity index (χ0v) is 13.7. The van der Waals surface area contributed by atoms with E-state index in [-0.39, 0.29) is 11.2 Å². The molecule has 0 bridgehead atoms. The summed E-state index contributed by atoms with van der Waals surface area (Å²) in [4.78, 5) is 25.6. The van der Waals surface area contributed by atoms with Crippen molar-refractivity contribution in [2.75, 3.05) is 0 Å². The van der Waals surface area contributed by atoms with Crippen LogP contribution in [0, 0.1) is 0 Å². The van der Waals surface area contributed by atoms with Gasteiger partial charge in [-0.1, -0.05) is 54.6 Å². The number of ketones is 1. The number of epoxide rings is 1. The van der Waals surface area contributed by atoms with Crippen molar-refractivity contribution in [1.29, 1.82) is 0 Å². The molecule has 3 aromatic carbocycles. The van der Waals surface area contributed by atoms with Crippen LogP contribution in [0.25, 0.3) is 21.7 Å². The molecule has 0 radical (unpaired) electrons. The van der Waals surface area contributed by atoms with Gasteiger partial charge >= 0.3 is 0 Å². The second-order valence-electron chi connectivity index (χ2n) is 6.38. The molecular weight excluding hydrogens is 328 g/mol. The Bertz CT molecular complexity index is 1220. The third kappa shape index (κ3) is 2.27. The molecule has 2 atom stereocenters. The second-order valence-corrected chi connectivity index (χ2v) is 6.38. The largest absolute Gasteiger partial charge is 0.464 e. The van der Waals surface area contributed by atoms with Crippen molar-refractivity contribution in [1.82, 2.24) is 0 Å². The Balaban J connectivity index is 1.52. The van der Waals surface area contributed by atoms with E-state index in [0.29, 0.717) is 22.1 Å². The van der Waals surface area contributed by atoms with E-state index in [1.165, 1.54) is 6.26 Å². The van der Waals surface area contributed by atoms with Gasteiger partial charge in [0.2, 0.25) is 0 Å². The predicted molar refractivity (Wildman–Crippen MR) is 98.4 cm³/mol. The zero-order chi connectivity index (χ0) is 17.7. The molecule has 0 N–H and O–H groups in total. The summed E-state index contributed by atoms with van der Waals surface area (Å²) in [5.41, 5.74) is 1.38. The smallest absolute Gasteiger partial charge is 0.198 e. The maximum Gasteiger partial charge on any atom is 0.198 e. The van der Waals surface area contributed by atoms with Gasteiger partial charge < -0.3 is 9.15 Å². The second kappa shape index (κ2) is 5.64. The van der Waals surface area contributed by atoms with Gasteiger partial charge in [-0.15, -0.1) is 0 Å². The highest BCUT2D eigenvalue weighted by molar-refractivity contribution is 6.11. The van der Waals surface area contributed by atoms with Crippen LogP contribution < -0.4 is 5.43 Å². The lowest BCUT2D eigenvalue weighted by Gasteiger charge is -2.04. The van der Waals surface area contributed by atoms with Crippen molar-refractivity contribution in [3.05, 3.63) is 94.3 Å². The van der Waals surface area contributed by atoms with Crippen LogP contribution in [0.4, 0.5) is 0 Å². The summed E-state index contributed by atoms with van der Waals surface area (Å²) in [6.07, 6.45) is 0.207. The Morgan fingerprint density at radius 2 is 1.58 bits per heavy atom. The fraction of sp³-hybridized carbons (Fsp3) is 0.0909. The Morgan fingerprint density at radius 1 is 0.846 bits per heavy atom. The average Bonchev–Trinajstić information content (AvgIpc) is 3.48. The van der Waals surface area contributed by atoms with E-state index < -0.39 is 12.2 Å². The normalized spacial score (nSPS) is 18.9. The highest BCUT2D eigenvalue weighted by Gasteiger charge is 2.48. The number of benzene rings is 3. The first-order chi connectivity index (χ1) is 12.7. The van der Waals surface area contributed by atoms with Crippen molar-refractivity contribution >= 4 is 27.5 Å². The third-order valence-corrected chi connectivity index (χ3v) is 4.82. The molecule has 0 amide bonds. The maximum absolute atomic E-state index is 12.9. The van der Waals surface area contributed by atoms with Crippen LogP contribution in [0.1, 0.15) is 22.0 Å². The molecule has 1 aliphatic heterocycles. The van der Waals surface area contributed by atoms with E-state index in [1.807, 2.05) is 42.5 Å². The lowest BCUT2D eigenvalue weighted by atomic mass is 9.97. The van der Waals surface area contributed by atoms with E-state index >= 15 is 0 Å². The zero-order valence-electron chi connectivity index (χ0n) is 13.7. The minimum atomic E-state index is -0.648. The summed E-state index contributed by atoms with van der Waals surface area (Å²) in [7, 11) is 0. The van der Waals surface area contributed by atoms with Crippen LogP contribution in [-0.4, -0.2) is 11.9 Å². The molecular formula is C22H14O4. The highest BCUT2D eigenvalue weighted by Crippen LogP contribution is 2.40. The van der Waals surface area contributed by atoms with Crippen LogP contribution in [0.2, 0.25) is 0 Å². The molecule has 4 nitrogen and oxygen atoms in total. The number of hydrogen-bond acceptors (Lipinski definition) is 4. The first-order valence-electron chi connectivity index (χ1n) is 8.42. The minimum Gasteiger partial charge on any atom is -0.464 e. The molecule has 1 aliphatic rings. The monoisotopic (exact) mass is 342 g/mol. The SMILES string of the molecule is O=C(c1cccc2ccccc12)C1OC1c1coc2ccccc2c1=O. The molecule has 1 saturated heterocycles. The van der Waals surface area contributed by atoms with Gasteiger partial charge in [0.25, 0.3) is 0 Å². The predicted octanol–water partition coefficient (Wildman–Crippen LogP) is 4.27. The third-order valence-electron chi connectivity index (χ3n) is 4.82. The van der Waals surface area contributed by atoms with Crippen molar-refractivity contribution in [3.8, 4) is 0 Å². The molecule has 4 aromatic rings. The lowest BCUT2D eigenvalue weighted by molar-refractivity contribution is 0.0955. The molecule has 2 heterocycles. The first-order valence-corrected chi connectivity index (χ1v) is 8.42. The Kier molecular flexibility index (Phi) is 3.27. The summed E-state index contributed by atoms with van der Waals surface area (Å²) >= 11 is 0. The van der Waals surface area contributed by atoms with Crippen molar-refractivity contribution in [2.45, 2.75) is 12.2 Å². The van der Waals surface area contributed by atoms with Crippen molar-refractivity contribution < 1.29 is 13.9 Å². The van der Waals surface area contributed by atoms with Crippen LogP contribution in [0.15, 0.2) is 82.2 Å². The van der Waals surface area contributed by atoms with Gasteiger partial charge in [0, 0.05) is 5.56 Å². The number of hydrogen-bond donors (Lipinski definition) is 0. The number of ether oxygens (including phenoxy) is 1. The Morgan fingerprint density at radius 3 is 2.46 bits per heavy atom. The summed E-state index contributed by atoms with van der Waals surface area (Å²) < 4.78 is 11.1. The summed E-state index contributed by atoms with van der Waals surface area (Å²) in [6.45, 7) is 0. The number of rotatable bonds is 3. The van der Waals surface area contributed by atoms with Crippen LogP contribution >= 0.6 is 0 Å². The number of carbonyl (C=O) groups is 1. The van der Waals surface area contributed by atoms with E-state index in [1.54, 1.807) is 24.3 Å². The van der Waals surface area contributed by atoms with Gasteiger partial charge in [-0.3, -0.25) is 9.59 Å². The molecule has 0 spiro atoms. The Labute approximate surface area is 148 Å². The highest BCUT2D eigenvalue weighted by atomic mass is 16.6. The van der Waals surface area contributed by atoms with Gasteiger partial charge in [0.05, 0.1) is 10.9 Å². The van der Waals surface area contributed by atoms with Gasteiger partial charge in [-0.05, 0) is 22.9 Å². The topological polar surface area (TPSA) is 59.8 Å². The van der Waals surface area contributed by atoms with Crippen molar-refractivity contribution in [2.24, 2.45) is 0 Å². The average molecular weight is 342 g/mol. The first kappa shape index (κ1) is 15.0. The van der Waals surface area contributed by atoms with Gasteiger partial charge in [0.15, 0.2) is 17.3 Å². The number of Topliss-reactive ketones (excluding diaryl/α,β-unsaturated/α-hetero) is 1. The molecule has 2 unspecified atom stereocenters. The van der Waals surface area contributed by atoms with Crippen LogP contribution in [-0.2, 0) is 4.74 Å². The summed E-state index contributed by atoms with van der Waals surface area (Å²) in [5.74, 6) is -0.112. The number of fused-ring (bicyclic) bond motifs is 2. The van der Waals surface area contributed by atoms with Crippen LogP contribution in [0.3, 0.4) is 0 Å². The van der Waals surface area contributed by atoms with Crippen molar-refractivity contribution in [3.63, 3.8) is 0 Å². The van der Waals surface area contributed by atoms with Gasteiger partial charge in [-0.2, -0.15) is 0 Å².